The molecular weight excluding hydrogens is 298 g/mol. The van der Waals surface area contributed by atoms with E-state index in [0.717, 1.165) is 17.8 Å². The third-order valence-corrected chi connectivity index (χ3v) is 4.71. The first-order valence-electron chi connectivity index (χ1n) is 8.10. The minimum absolute atomic E-state index is 0.425. The predicted molar refractivity (Wildman–Crippen MR) is 98.8 cm³/mol. The Balaban J connectivity index is 1.83. The average molecular weight is 321 g/mol. The van der Waals surface area contributed by atoms with Crippen LogP contribution < -0.4 is 16.4 Å². The number of carbonyl (C=O) groups excluding carboxylic acids is 1. The van der Waals surface area contributed by atoms with Crippen molar-refractivity contribution in [3.05, 3.63) is 70.3 Å². The van der Waals surface area contributed by atoms with Crippen molar-refractivity contribution >= 4 is 17.7 Å². The molecule has 0 fully saturated rings. The van der Waals surface area contributed by atoms with Crippen LogP contribution >= 0.6 is 0 Å². The topological polar surface area (TPSA) is 67.1 Å². The lowest BCUT2D eigenvalue weighted by molar-refractivity contribution is 0.100. The summed E-state index contributed by atoms with van der Waals surface area (Å²) in [6.45, 7) is 7.04. The molecule has 0 aliphatic carbocycles. The Kier molecular flexibility index (Phi) is 4.16. The number of benzene rings is 2. The van der Waals surface area contributed by atoms with Gasteiger partial charge in [0.1, 0.15) is 5.66 Å². The summed E-state index contributed by atoms with van der Waals surface area (Å²) in [4.78, 5) is 11.7. The van der Waals surface area contributed by atoms with Crippen LogP contribution in [0.1, 0.15) is 39.5 Å². The minimum atomic E-state index is -0.450. The van der Waals surface area contributed by atoms with Crippen molar-refractivity contribution in [2.24, 2.45) is 5.73 Å². The highest BCUT2D eigenvalue weighted by molar-refractivity contribution is 6.01. The van der Waals surface area contributed by atoms with Crippen molar-refractivity contribution in [3.63, 3.8) is 0 Å². The zero-order valence-electron chi connectivity index (χ0n) is 14.3. The number of hydrogen-bond acceptors (Lipinski definition) is 3. The third kappa shape index (κ3) is 3.05. The molecular formula is C20H23N3O. The van der Waals surface area contributed by atoms with Crippen molar-refractivity contribution < 1.29 is 4.79 Å². The summed E-state index contributed by atoms with van der Waals surface area (Å²) < 4.78 is 0. The lowest BCUT2D eigenvalue weighted by Crippen LogP contribution is -2.48. The molecule has 2 aromatic rings. The second kappa shape index (κ2) is 6.13. The Bertz CT molecular complexity index is 826. The molecule has 1 amide bonds. The molecule has 1 unspecified atom stereocenters. The van der Waals surface area contributed by atoms with E-state index in [1.54, 1.807) is 6.07 Å². The first-order chi connectivity index (χ1) is 11.4. The van der Waals surface area contributed by atoms with Gasteiger partial charge in [-0.1, -0.05) is 36.4 Å². The summed E-state index contributed by atoms with van der Waals surface area (Å²) in [6, 6.07) is 11.9. The molecule has 2 aromatic carbocycles. The van der Waals surface area contributed by atoms with Crippen LogP contribution in [-0.2, 0) is 6.54 Å². The van der Waals surface area contributed by atoms with Gasteiger partial charge in [0.2, 0.25) is 0 Å². The van der Waals surface area contributed by atoms with Gasteiger partial charge in [0.25, 0.3) is 5.91 Å². The minimum Gasteiger partial charge on any atom is -0.366 e. The van der Waals surface area contributed by atoms with Crippen molar-refractivity contribution in [2.45, 2.75) is 33.0 Å². The molecule has 1 aliphatic heterocycles. The Morgan fingerprint density at radius 3 is 2.71 bits per heavy atom. The van der Waals surface area contributed by atoms with Crippen molar-refractivity contribution in [2.75, 3.05) is 5.32 Å². The summed E-state index contributed by atoms with van der Waals surface area (Å²) in [6.07, 6.45) is 4.10. The zero-order valence-corrected chi connectivity index (χ0v) is 14.3. The van der Waals surface area contributed by atoms with E-state index >= 15 is 0 Å². The summed E-state index contributed by atoms with van der Waals surface area (Å²) in [5.74, 6) is -0.425. The molecule has 0 spiro atoms. The Hall–Kier alpha value is -2.59. The number of para-hydroxylation sites is 1. The van der Waals surface area contributed by atoms with Crippen LogP contribution in [0.5, 0.6) is 0 Å². The lowest BCUT2D eigenvalue weighted by atomic mass is 9.97. The number of amides is 1. The number of primary amides is 1. The van der Waals surface area contributed by atoms with Gasteiger partial charge in [-0.05, 0) is 55.2 Å². The largest absolute Gasteiger partial charge is 0.366 e. The summed E-state index contributed by atoms with van der Waals surface area (Å²) in [7, 11) is 0. The van der Waals surface area contributed by atoms with E-state index in [-0.39, 0.29) is 0 Å². The van der Waals surface area contributed by atoms with Crippen LogP contribution in [0.15, 0.2) is 42.5 Å². The van der Waals surface area contributed by atoms with Gasteiger partial charge in [0.05, 0.1) is 11.3 Å². The fraction of sp³-hybridized carbons (Fsp3) is 0.250. The number of nitrogens with one attached hydrogen (secondary N) is 2. The number of aryl methyl sites for hydroxylation is 1. The second-order valence-corrected chi connectivity index (χ2v) is 6.51. The smallest absolute Gasteiger partial charge is 0.250 e. The van der Waals surface area contributed by atoms with Crippen molar-refractivity contribution in [1.82, 2.24) is 5.32 Å². The van der Waals surface area contributed by atoms with Crippen LogP contribution in [0.2, 0.25) is 0 Å². The Labute approximate surface area is 142 Å². The zero-order chi connectivity index (χ0) is 17.3. The van der Waals surface area contributed by atoms with E-state index in [1.165, 1.54) is 16.7 Å². The van der Waals surface area contributed by atoms with Gasteiger partial charge in [0.15, 0.2) is 0 Å². The van der Waals surface area contributed by atoms with Crippen molar-refractivity contribution in [1.29, 1.82) is 0 Å². The Morgan fingerprint density at radius 1 is 1.21 bits per heavy atom. The highest BCUT2D eigenvalue weighted by Crippen LogP contribution is 2.30. The van der Waals surface area contributed by atoms with Crippen LogP contribution in [0.3, 0.4) is 0 Å². The summed E-state index contributed by atoms with van der Waals surface area (Å²) in [5.41, 5.74) is 11.2. The van der Waals surface area contributed by atoms with Gasteiger partial charge in [-0.25, -0.2) is 0 Å². The van der Waals surface area contributed by atoms with Gasteiger partial charge in [0, 0.05) is 6.54 Å². The number of anilines is 1. The van der Waals surface area contributed by atoms with E-state index < -0.39 is 11.6 Å². The monoisotopic (exact) mass is 321 g/mol. The highest BCUT2D eigenvalue weighted by Gasteiger charge is 2.26. The standard InChI is InChI=1S/C20H23N3O/c1-13-6-4-8-16(14(13)2)12-22-20(3)11-10-15-7-5-9-17(19(21)24)18(15)23-20/h4-11,22-23H,12H2,1-3H3,(H2,21,24). The predicted octanol–water partition coefficient (Wildman–Crippen LogP) is 3.35. The molecule has 4 nitrogen and oxygen atoms in total. The van der Waals surface area contributed by atoms with Crippen LogP contribution in [-0.4, -0.2) is 11.6 Å². The van der Waals surface area contributed by atoms with E-state index in [1.807, 2.05) is 18.2 Å². The molecule has 3 rings (SSSR count). The van der Waals surface area contributed by atoms with Gasteiger partial charge in [-0.3, -0.25) is 10.1 Å². The summed E-state index contributed by atoms with van der Waals surface area (Å²) >= 11 is 0. The molecule has 1 heterocycles. The molecule has 0 radical (unpaired) electrons. The van der Waals surface area contributed by atoms with Gasteiger partial charge in [-0.2, -0.15) is 0 Å². The number of carbonyl (C=O) groups is 1. The molecule has 1 aliphatic rings. The quantitative estimate of drug-likeness (QED) is 0.809. The molecule has 24 heavy (non-hydrogen) atoms. The highest BCUT2D eigenvalue weighted by atomic mass is 16.1. The van der Waals surface area contributed by atoms with Crippen LogP contribution in [0.25, 0.3) is 6.08 Å². The molecule has 0 saturated carbocycles. The second-order valence-electron chi connectivity index (χ2n) is 6.51. The van der Waals surface area contributed by atoms with E-state index in [2.05, 4.69) is 55.7 Å². The fourth-order valence-electron chi connectivity index (χ4n) is 3.00. The number of rotatable bonds is 4. The normalized spacial score (nSPS) is 18.8. The maximum absolute atomic E-state index is 11.7. The maximum Gasteiger partial charge on any atom is 0.250 e. The van der Waals surface area contributed by atoms with Gasteiger partial charge in [-0.15, -0.1) is 0 Å². The SMILES string of the molecule is Cc1cccc(CNC2(C)C=Cc3cccc(C(N)=O)c3N2)c1C. The molecule has 0 saturated heterocycles. The molecule has 4 N–H and O–H groups in total. The molecule has 0 aromatic heterocycles. The number of fused-ring (bicyclic) bond motifs is 1. The maximum atomic E-state index is 11.7. The Morgan fingerprint density at radius 2 is 1.96 bits per heavy atom. The van der Waals surface area contributed by atoms with E-state index in [4.69, 9.17) is 5.73 Å². The van der Waals surface area contributed by atoms with Crippen LogP contribution in [0.4, 0.5) is 5.69 Å². The molecule has 1 atom stereocenters. The van der Waals surface area contributed by atoms with Gasteiger partial charge >= 0.3 is 0 Å². The fourth-order valence-corrected chi connectivity index (χ4v) is 3.00. The average Bonchev–Trinajstić information content (AvgIpc) is 2.55. The molecule has 4 heteroatoms. The lowest BCUT2D eigenvalue weighted by Gasteiger charge is -2.35. The van der Waals surface area contributed by atoms with Crippen molar-refractivity contribution in [3.8, 4) is 0 Å². The molecule has 0 bridgehead atoms. The first kappa shape index (κ1) is 16.3. The first-order valence-corrected chi connectivity index (χ1v) is 8.10. The summed E-state index contributed by atoms with van der Waals surface area (Å²) in [5, 5.41) is 6.97. The van der Waals surface area contributed by atoms with Gasteiger partial charge < -0.3 is 11.1 Å². The number of nitrogens with two attached hydrogens (primary N) is 1. The van der Waals surface area contributed by atoms with E-state index in [0.29, 0.717) is 5.56 Å². The van der Waals surface area contributed by atoms with Crippen LogP contribution in [0, 0.1) is 13.8 Å². The number of hydrogen-bond donors (Lipinski definition) is 3. The third-order valence-electron chi connectivity index (χ3n) is 4.71. The van der Waals surface area contributed by atoms with E-state index in [9.17, 15) is 4.79 Å². The molecule has 124 valence electrons.